The Morgan fingerprint density at radius 2 is 1.95 bits per heavy atom. The van der Waals surface area contributed by atoms with Crippen molar-refractivity contribution >= 4 is 11.5 Å². The minimum absolute atomic E-state index is 0.180. The van der Waals surface area contributed by atoms with Crippen LogP contribution in [0.1, 0.15) is 18.9 Å². The number of pyridine rings is 1. The molecule has 2 rings (SSSR count). The molecule has 0 aliphatic heterocycles. The summed E-state index contributed by atoms with van der Waals surface area (Å²) in [5.41, 5.74) is 6.39. The average molecular weight is 289 g/mol. The summed E-state index contributed by atoms with van der Waals surface area (Å²) in [6.07, 6.45) is 4.11. The molecule has 112 valence electrons. The van der Waals surface area contributed by atoms with Gasteiger partial charge in [-0.2, -0.15) is 0 Å². The van der Waals surface area contributed by atoms with Crippen LogP contribution in [0.3, 0.4) is 0 Å². The molecule has 0 fully saturated rings. The van der Waals surface area contributed by atoms with Gasteiger partial charge in [0, 0.05) is 32.5 Å². The number of anilines is 2. The molecular formula is C14H19N5O2. The Balaban J connectivity index is 2.39. The van der Waals surface area contributed by atoms with Crippen LogP contribution in [0.5, 0.6) is 0 Å². The smallest absolute Gasteiger partial charge is 0.332 e. The highest BCUT2D eigenvalue weighted by Crippen LogP contribution is 2.12. The summed E-state index contributed by atoms with van der Waals surface area (Å²) in [5, 5.41) is 3.02. The van der Waals surface area contributed by atoms with Crippen molar-refractivity contribution in [3.63, 3.8) is 0 Å². The van der Waals surface area contributed by atoms with Gasteiger partial charge in [0.25, 0.3) is 5.56 Å². The van der Waals surface area contributed by atoms with Gasteiger partial charge < -0.3 is 11.1 Å². The topological polar surface area (TPSA) is 94.9 Å². The normalized spacial score (nSPS) is 10.6. The van der Waals surface area contributed by atoms with Gasteiger partial charge in [-0.1, -0.05) is 6.92 Å². The SMILES string of the molecule is CCCn1c(N)c(NCc2ccncc2)c(=O)n(C)c1=O. The summed E-state index contributed by atoms with van der Waals surface area (Å²) in [7, 11) is 1.45. The molecule has 7 nitrogen and oxygen atoms in total. The predicted octanol–water partition coefficient (Wildman–Crippen LogP) is 0.546. The second kappa shape index (κ2) is 6.25. The molecular weight excluding hydrogens is 270 g/mol. The molecule has 0 unspecified atom stereocenters. The largest absolute Gasteiger partial charge is 0.383 e. The van der Waals surface area contributed by atoms with E-state index in [1.807, 2.05) is 19.1 Å². The number of nitrogens with one attached hydrogen (secondary N) is 1. The van der Waals surface area contributed by atoms with Gasteiger partial charge in [0.05, 0.1) is 0 Å². The average Bonchev–Trinajstić information content (AvgIpc) is 2.50. The lowest BCUT2D eigenvalue weighted by atomic mass is 10.2. The Hall–Kier alpha value is -2.57. The first-order valence-corrected chi connectivity index (χ1v) is 6.78. The van der Waals surface area contributed by atoms with Crippen LogP contribution in [0.15, 0.2) is 34.1 Å². The van der Waals surface area contributed by atoms with Crippen LogP contribution in [0.4, 0.5) is 11.5 Å². The second-order valence-corrected chi connectivity index (χ2v) is 4.77. The molecule has 0 atom stereocenters. The minimum Gasteiger partial charge on any atom is -0.383 e. The zero-order valence-corrected chi connectivity index (χ0v) is 12.2. The highest BCUT2D eigenvalue weighted by molar-refractivity contribution is 5.60. The molecule has 0 spiro atoms. The molecule has 0 amide bonds. The number of rotatable bonds is 5. The Kier molecular flexibility index (Phi) is 4.42. The summed E-state index contributed by atoms with van der Waals surface area (Å²) in [6, 6.07) is 3.69. The van der Waals surface area contributed by atoms with E-state index in [0.717, 1.165) is 16.6 Å². The van der Waals surface area contributed by atoms with Gasteiger partial charge in [0.1, 0.15) is 11.5 Å². The maximum atomic E-state index is 12.2. The van der Waals surface area contributed by atoms with Gasteiger partial charge in [-0.05, 0) is 24.1 Å². The molecule has 2 aromatic rings. The lowest BCUT2D eigenvalue weighted by Gasteiger charge is -2.15. The van der Waals surface area contributed by atoms with Crippen molar-refractivity contribution in [2.75, 3.05) is 11.1 Å². The van der Waals surface area contributed by atoms with Crippen molar-refractivity contribution in [2.45, 2.75) is 26.4 Å². The molecule has 0 saturated heterocycles. The third kappa shape index (κ3) is 2.96. The number of nitrogens with two attached hydrogens (primary N) is 1. The van der Waals surface area contributed by atoms with Crippen LogP contribution in [0, 0.1) is 0 Å². The van der Waals surface area contributed by atoms with Crippen molar-refractivity contribution in [1.82, 2.24) is 14.1 Å². The first-order valence-electron chi connectivity index (χ1n) is 6.78. The van der Waals surface area contributed by atoms with Crippen LogP contribution in [-0.2, 0) is 20.1 Å². The number of aromatic nitrogens is 3. The predicted molar refractivity (Wildman–Crippen MR) is 82.2 cm³/mol. The Labute approximate surface area is 122 Å². The third-order valence-corrected chi connectivity index (χ3v) is 3.25. The van der Waals surface area contributed by atoms with E-state index in [0.29, 0.717) is 13.1 Å². The first-order chi connectivity index (χ1) is 10.1. The number of hydrogen-bond acceptors (Lipinski definition) is 5. The molecule has 0 radical (unpaired) electrons. The van der Waals surface area contributed by atoms with Crippen molar-refractivity contribution in [3.8, 4) is 0 Å². The van der Waals surface area contributed by atoms with E-state index in [1.165, 1.54) is 11.6 Å². The molecule has 3 N–H and O–H groups in total. The van der Waals surface area contributed by atoms with Crippen LogP contribution < -0.4 is 22.3 Å². The molecule has 2 heterocycles. The van der Waals surface area contributed by atoms with Crippen LogP contribution >= 0.6 is 0 Å². The monoisotopic (exact) mass is 289 g/mol. The molecule has 0 aliphatic rings. The summed E-state index contributed by atoms with van der Waals surface area (Å²) >= 11 is 0. The Morgan fingerprint density at radius 1 is 1.29 bits per heavy atom. The summed E-state index contributed by atoms with van der Waals surface area (Å²) in [5.74, 6) is 0.180. The lowest BCUT2D eigenvalue weighted by molar-refractivity contribution is 0.600. The highest BCUT2D eigenvalue weighted by atomic mass is 16.2. The maximum Gasteiger partial charge on any atom is 0.332 e. The van der Waals surface area contributed by atoms with E-state index in [9.17, 15) is 9.59 Å². The highest BCUT2D eigenvalue weighted by Gasteiger charge is 2.14. The number of hydrogen-bond donors (Lipinski definition) is 2. The van der Waals surface area contributed by atoms with Gasteiger partial charge in [-0.3, -0.25) is 18.9 Å². The quantitative estimate of drug-likeness (QED) is 0.838. The molecule has 0 aliphatic carbocycles. The van der Waals surface area contributed by atoms with Crippen LogP contribution in [-0.4, -0.2) is 14.1 Å². The lowest BCUT2D eigenvalue weighted by Crippen LogP contribution is -2.40. The van der Waals surface area contributed by atoms with Crippen LogP contribution in [0.25, 0.3) is 0 Å². The Bertz CT molecular complexity index is 734. The van der Waals surface area contributed by atoms with E-state index in [2.05, 4.69) is 10.3 Å². The minimum atomic E-state index is -0.418. The fourth-order valence-corrected chi connectivity index (χ4v) is 2.08. The van der Waals surface area contributed by atoms with Gasteiger partial charge >= 0.3 is 5.69 Å². The second-order valence-electron chi connectivity index (χ2n) is 4.77. The molecule has 0 saturated carbocycles. The first kappa shape index (κ1) is 14.8. The summed E-state index contributed by atoms with van der Waals surface area (Å²) in [4.78, 5) is 28.2. The van der Waals surface area contributed by atoms with Gasteiger partial charge in [0.2, 0.25) is 0 Å². The van der Waals surface area contributed by atoms with E-state index in [4.69, 9.17) is 5.73 Å². The van der Waals surface area contributed by atoms with Crippen molar-refractivity contribution in [3.05, 3.63) is 50.9 Å². The summed E-state index contributed by atoms with van der Waals surface area (Å²) in [6.45, 7) is 2.86. The van der Waals surface area contributed by atoms with E-state index in [-0.39, 0.29) is 11.5 Å². The standard InChI is InChI=1S/C14H19N5O2/c1-3-8-19-12(15)11(13(20)18(2)14(19)21)17-9-10-4-6-16-7-5-10/h4-7,17H,3,8-9,15H2,1-2H3. The molecule has 0 aromatic carbocycles. The van der Waals surface area contributed by atoms with Crippen molar-refractivity contribution in [1.29, 1.82) is 0 Å². The number of nitrogen functional groups attached to an aromatic ring is 1. The maximum absolute atomic E-state index is 12.2. The molecule has 0 bridgehead atoms. The van der Waals surface area contributed by atoms with Gasteiger partial charge in [0.15, 0.2) is 0 Å². The molecule has 7 heteroatoms. The van der Waals surface area contributed by atoms with E-state index < -0.39 is 11.2 Å². The van der Waals surface area contributed by atoms with Crippen LogP contribution in [0.2, 0.25) is 0 Å². The third-order valence-electron chi connectivity index (χ3n) is 3.25. The summed E-state index contributed by atoms with van der Waals surface area (Å²) < 4.78 is 2.48. The zero-order valence-electron chi connectivity index (χ0n) is 12.2. The molecule has 21 heavy (non-hydrogen) atoms. The van der Waals surface area contributed by atoms with Crippen molar-refractivity contribution < 1.29 is 0 Å². The van der Waals surface area contributed by atoms with E-state index >= 15 is 0 Å². The van der Waals surface area contributed by atoms with Gasteiger partial charge in [-0.15, -0.1) is 0 Å². The number of nitrogens with zero attached hydrogens (tertiary/aromatic N) is 3. The van der Waals surface area contributed by atoms with Gasteiger partial charge in [-0.25, -0.2) is 4.79 Å². The molecule has 2 aromatic heterocycles. The fraction of sp³-hybridized carbons (Fsp3) is 0.357. The van der Waals surface area contributed by atoms with E-state index in [1.54, 1.807) is 12.4 Å². The Morgan fingerprint density at radius 3 is 2.57 bits per heavy atom. The zero-order chi connectivity index (χ0) is 15.4. The van der Waals surface area contributed by atoms with Crippen molar-refractivity contribution in [2.24, 2.45) is 7.05 Å². The fourth-order valence-electron chi connectivity index (χ4n) is 2.08.